The van der Waals surface area contributed by atoms with Crippen LogP contribution in [0.4, 0.5) is 10.1 Å². The quantitative estimate of drug-likeness (QED) is 0.820. The molecule has 0 aliphatic carbocycles. The van der Waals surface area contributed by atoms with Gasteiger partial charge in [0.25, 0.3) is 0 Å². The van der Waals surface area contributed by atoms with Gasteiger partial charge in [0.15, 0.2) is 0 Å². The smallest absolute Gasteiger partial charge is 0.244 e. The average Bonchev–Trinajstić information content (AvgIpc) is 2.41. The zero-order chi connectivity index (χ0) is 15.2. The molecule has 0 radical (unpaired) electrons. The Morgan fingerprint density at radius 3 is 2.45 bits per heavy atom. The topological polar surface area (TPSA) is 52.9 Å². The van der Waals surface area contributed by atoms with Crippen molar-refractivity contribution < 1.29 is 9.18 Å². The second-order valence-electron chi connectivity index (χ2n) is 4.77. The molecule has 20 heavy (non-hydrogen) atoms. The predicted molar refractivity (Wildman–Crippen MR) is 80.6 cm³/mol. The van der Waals surface area contributed by atoms with Crippen LogP contribution in [-0.2, 0) is 4.79 Å². The van der Waals surface area contributed by atoms with Crippen molar-refractivity contribution in [2.45, 2.75) is 39.5 Å². The van der Waals surface area contributed by atoms with Crippen molar-refractivity contribution in [2.24, 2.45) is 5.41 Å². The number of nitrogens with one attached hydrogen (secondary N) is 1. The van der Waals surface area contributed by atoms with Gasteiger partial charge in [0.05, 0.1) is 11.8 Å². The van der Waals surface area contributed by atoms with Crippen LogP contribution in [0, 0.1) is 22.6 Å². The molecule has 0 fully saturated rings. The van der Waals surface area contributed by atoms with Crippen molar-refractivity contribution in [2.75, 3.05) is 5.32 Å². The molecule has 0 unspecified atom stereocenters. The van der Waals surface area contributed by atoms with E-state index in [9.17, 15) is 14.4 Å². The second-order valence-corrected chi connectivity index (χ2v) is 5.69. The molecule has 0 bridgehead atoms. The van der Waals surface area contributed by atoms with Gasteiger partial charge in [-0.25, -0.2) is 4.39 Å². The highest BCUT2D eigenvalue weighted by molar-refractivity contribution is 9.10. The monoisotopic (exact) mass is 340 g/mol. The van der Waals surface area contributed by atoms with Crippen LogP contribution in [-0.4, -0.2) is 5.91 Å². The van der Waals surface area contributed by atoms with E-state index in [1.807, 2.05) is 13.8 Å². The standard InChI is InChI=1S/C15H18BrFN2O/c1-3-7-15(10-18,8-4-2)14(20)19-13-6-5-11(16)9-12(13)17/h5-6,9H,3-4,7-8H2,1-2H3,(H,19,20). The van der Waals surface area contributed by atoms with Gasteiger partial charge in [-0.2, -0.15) is 5.26 Å². The first-order valence-electron chi connectivity index (χ1n) is 6.67. The van der Waals surface area contributed by atoms with Gasteiger partial charge in [-0.1, -0.05) is 42.6 Å². The van der Waals surface area contributed by atoms with E-state index in [0.29, 0.717) is 17.3 Å². The number of hydrogen-bond acceptors (Lipinski definition) is 2. The van der Waals surface area contributed by atoms with Gasteiger partial charge in [0.1, 0.15) is 11.2 Å². The summed E-state index contributed by atoms with van der Waals surface area (Å²) in [5, 5.41) is 11.9. The lowest BCUT2D eigenvalue weighted by atomic mass is 9.79. The third kappa shape index (κ3) is 3.80. The van der Waals surface area contributed by atoms with Crippen LogP contribution < -0.4 is 5.32 Å². The fourth-order valence-corrected chi connectivity index (χ4v) is 2.53. The van der Waals surface area contributed by atoms with Gasteiger partial charge >= 0.3 is 0 Å². The predicted octanol–water partition coefficient (Wildman–Crippen LogP) is 4.64. The van der Waals surface area contributed by atoms with E-state index in [1.165, 1.54) is 12.1 Å². The number of nitriles is 1. The molecule has 0 aromatic heterocycles. The number of nitrogens with zero attached hydrogens (tertiary/aromatic N) is 1. The number of anilines is 1. The first-order chi connectivity index (χ1) is 9.49. The van der Waals surface area contributed by atoms with Crippen molar-refractivity contribution in [3.63, 3.8) is 0 Å². The summed E-state index contributed by atoms with van der Waals surface area (Å²) < 4.78 is 14.3. The number of rotatable bonds is 6. The third-order valence-electron chi connectivity index (χ3n) is 3.18. The number of carbonyl (C=O) groups is 1. The molecule has 108 valence electrons. The zero-order valence-corrected chi connectivity index (χ0v) is 13.3. The number of carbonyl (C=O) groups excluding carboxylic acids is 1. The summed E-state index contributed by atoms with van der Waals surface area (Å²) in [5.74, 6) is -0.947. The first-order valence-corrected chi connectivity index (χ1v) is 7.46. The van der Waals surface area contributed by atoms with Crippen molar-refractivity contribution in [1.82, 2.24) is 0 Å². The highest BCUT2D eigenvalue weighted by Crippen LogP contribution is 2.31. The Kier molecular flexibility index (Phi) is 6.15. The molecule has 0 aliphatic heterocycles. The van der Waals surface area contributed by atoms with E-state index in [1.54, 1.807) is 6.07 Å². The number of amides is 1. The first kappa shape index (κ1) is 16.6. The maximum absolute atomic E-state index is 13.7. The van der Waals surface area contributed by atoms with Crippen LogP contribution in [0.15, 0.2) is 22.7 Å². The summed E-state index contributed by atoms with van der Waals surface area (Å²) in [6, 6.07) is 6.53. The molecular formula is C15H18BrFN2O. The van der Waals surface area contributed by atoms with Crippen LogP contribution in [0.2, 0.25) is 0 Å². The van der Waals surface area contributed by atoms with Crippen LogP contribution in [0.1, 0.15) is 39.5 Å². The van der Waals surface area contributed by atoms with Crippen LogP contribution in [0.5, 0.6) is 0 Å². The lowest BCUT2D eigenvalue weighted by molar-refractivity contribution is -0.123. The Balaban J connectivity index is 2.99. The molecule has 0 saturated heterocycles. The highest BCUT2D eigenvalue weighted by atomic mass is 79.9. The molecule has 3 nitrogen and oxygen atoms in total. The van der Waals surface area contributed by atoms with Gasteiger partial charge in [0.2, 0.25) is 5.91 Å². The lowest BCUT2D eigenvalue weighted by Crippen LogP contribution is -2.35. The highest BCUT2D eigenvalue weighted by Gasteiger charge is 2.37. The van der Waals surface area contributed by atoms with Gasteiger partial charge in [0, 0.05) is 4.47 Å². The van der Waals surface area contributed by atoms with Gasteiger partial charge in [-0.3, -0.25) is 4.79 Å². The maximum atomic E-state index is 13.7. The molecule has 0 aliphatic rings. The van der Waals surface area contributed by atoms with Crippen molar-refractivity contribution in [3.8, 4) is 6.07 Å². The summed E-state index contributed by atoms with van der Waals surface area (Å²) in [6.45, 7) is 3.85. The SMILES string of the molecule is CCCC(C#N)(CCC)C(=O)Nc1ccc(Br)cc1F. The lowest BCUT2D eigenvalue weighted by Gasteiger charge is -2.24. The fraction of sp³-hybridized carbons (Fsp3) is 0.467. The molecule has 0 atom stereocenters. The van der Waals surface area contributed by atoms with Crippen LogP contribution >= 0.6 is 15.9 Å². The normalized spacial score (nSPS) is 10.9. The molecule has 1 aromatic rings. The van der Waals surface area contributed by atoms with E-state index in [4.69, 9.17) is 0 Å². The molecule has 5 heteroatoms. The minimum atomic E-state index is -1.08. The number of halogens is 2. The Bertz CT molecular complexity index is 519. The van der Waals surface area contributed by atoms with Gasteiger partial charge in [-0.05, 0) is 31.0 Å². The van der Waals surface area contributed by atoms with Gasteiger partial charge in [-0.15, -0.1) is 0 Å². The Hall–Kier alpha value is -1.41. The Labute approximate surface area is 127 Å². The van der Waals surface area contributed by atoms with E-state index < -0.39 is 17.1 Å². The molecule has 0 heterocycles. The van der Waals surface area contributed by atoms with E-state index in [-0.39, 0.29) is 5.69 Å². The summed E-state index contributed by atoms with van der Waals surface area (Å²) in [5.41, 5.74) is -0.978. The molecule has 1 amide bonds. The second kappa shape index (κ2) is 7.39. The molecular weight excluding hydrogens is 323 g/mol. The van der Waals surface area contributed by atoms with Gasteiger partial charge < -0.3 is 5.32 Å². The molecule has 1 rings (SSSR count). The maximum Gasteiger partial charge on any atom is 0.244 e. The fourth-order valence-electron chi connectivity index (χ4n) is 2.20. The van der Waals surface area contributed by atoms with E-state index in [2.05, 4.69) is 27.3 Å². The van der Waals surface area contributed by atoms with Crippen LogP contribution in [0.25, 0.3) is 0 Å². The Morgan fingerprint density at radius 2 is 2.00 bits per heavy atom. The summed E-state index contributed by atoms with van der Waals surface area (Å²) in [7, 11) is 0. The third-order valence-corrected chi connectivity index (χ3v) is 3.67. The summed E-state index contributed by atoms with van der Waals surface area (Å²) in [6.07, 6.45) is 2.40. The van der Waals surface area contributed by atoms with Crippen molar-refractivity contribution in [1.29, 1.82) is 5.26 Å². The molecule has 1 N–H and O–H groups in total. The average molecular weight is 341 g/mol. The van der Waals surface area contributed by atoms with E-state index >= 15 is 0 Å². The van der Waals surface area contributed by atoms with Crippen molar-refractivity contribution in [3.05, 3.63) is 28.5 Å². The van der Waals surface area contributed by atoms with Crippen LogP contribution in [0.3, 0.4) is 0 Å². The van der Waals surface area contributed by atoms with E-state index in [0.717, 1.165) is 12.8 Å². The molecule has 0 saturated carbocycles. The summed E-state index contributed by atoms with van der Waals surface area (Å²) in [4.78, 5) is 12.4. The molecule has 1 aromatic carbocycles. The van der Waals surface area contributed by atoms with Crippen molar-refractivity contribution >= 4 is 27.5 Å². The zero-order valence-electron chi connectivity index (χ0n) is 11.7. The summed E-state index contributed by atoms with van der Waals surface area (Å²) >= 11 is 3.16. The largest absolute Gasteiger partial charge is 0.322 e. The number of hydrogen-bond donors (Lipinski definition) is 1. The minimum absolute atomic E-state index is 0.102. The molecule has 0 spiro atoms. The Morgan fingerprint density at radius 1 is 1.40 bits per heavy atom. The minimum Gasteiger partial charge on any atom is -0.322 e. The number of benzene rings is 1.